The molecule has 3 heterocycles. The second-order valence-electron chi connectivity index (χ2n) is 9.33. The highest BCUT2D eigenvalue weighted by Gasteiger charge is 2.33. The Morgan fingerprint density at radius 2 is 1.35 bits per heavy atom. The molecule has 3 aliphatic rings. The van der Waals surface area contributed by atoms with E-state index in [0.717, 1.165) is 38.1 Å². The zero-order chi connectivity index (χ0) is 24.3. The molecule has 34 heavy (non-hydrogen) atoms. The third-order valence-electron chi connectivity index (χ3n) is 7.09. The maximum atomic E-state index is 13.0. The number of nitrogens with zero attached hydrogens (tertiary/aromatic N) is 4. The largest absolute Gasteiger partial charge is 0.416 e. The Morgan fingerprint density at radius 3 is 1.91 bits per heavy atom. The minimum absolute atomic E-state index is 0.0900. The van der Waals surface area contributed by atoms with E-state index in [1.165, 1.54) is 12.1 Å². The number of alkyl halides is 3. The van der Waals surface area contributed by atoms with E-state index in [4.69, 9.17) is 0 Å². The van der Waals surface area contributed by atoms with Crippen LogP contribution in [0.4, 0.5) is 13.2 Å². The van der Waals surface area contributed by atoms with Gasteiger partial charge in [0.2, 0.25) is 11.8 Å². The van der Waals surface area contributed by atoms with E-state index in [1.54, 1.807) is 4.90 Å². The van der Waals surface area contributed by atoms with E-state index in [9.17, 15) is 27.6 Å². The molecule has 7 nitrogen and oxygen atoms in total. The zero-order valence-electron chi connectivity index (χ0n) is 19.2. The summed E-state index contributed by atoms with van der Waals surface area (Å²) in [5, 5.41) is 0. The number of hydrogen-bond acceptors (Lipinski definition) is 4. The average molecular weight is 481 g/mol. The predicted molar refractivity (Wildman–Crippen MR) is 119 cm³/mol. The van der Waals surface area contributed by atoms with Crippen molar-refractivity contribution in [3.05, 3.63) is 35.4 Å². The summed E-state index contributed by atoms with van der Waals surface area (Å²) in [7, 11) is 0. The van der Waals surface area contributed by atoms with Crippen LogP contribution in [0.5, 0.6) is 0 Å². The molecule has 1 aromatic carbocycles. The van der Waals surface area contributed by atoms with Gasteiger partial charge in [0.1, 0.15) is 0 Å². The van der Waals surface area contributed by atoms with Crippen molar-refractivity contribution in [3.8, 4) is 0 Å². The molecule has 3 aliphatic heterocycles. The number of benzene rings is 1. The molecule has 0 unspecified atom stereocenters. The molecule has 0 atom stereocenters. The number of amides is 3. The second kappa shape index (κ2) is 10.3. The molecule has 0 bridgehead atoms. The van der Waals surface area contributed by atoms with Gasteiger partial charge in [-0.25, -0.2) is 0 Å². The lowest BCUT2D eigenvalue weighted by atomic mass is 9.94. The maximum Gasteiger partial charge on any atom is 0.416 e. The lowest BCUT2D eigenvalue weighted by Crippen LogP contribution is -2.53. The van der Waals surface area contributed by atoms with E-state index in [2.05, 4.69) is 4.90 Å². The first kappa shape index (κ1) is 24.5. The minimum atomic E-state index is -4.44. The van der Waals surface area contributed by atoms with E-state index >= 15 is 0 Å². The summed E-state index contributed by atoms with van der Waals surface area (Å²) < 4.78 is 38.2. The lowest BCUT2D eigenvalue weighted by Gasteiger charge is -2.38. The molecular weight excluding hydrogens is 449 g/mol. The van der Waals surface area contributed by atoms with Gasteiger partial charge < -0.3 is 14.7 Å². The van der Waals surface area contributed by atoms with Crippen molar-refractivity contribution in [1.29, 1.82) is 0 Å². The standard InChI is InChI=1S/C24H31F3N4O3/c25-24(26,27)20-5-3-18(4-6-20)22(33)30-11-7-19(8-12-30)23(34)31-15-13-28(14-16-31)17-21(32)29-9-1-2-10-29/h3-6,19H,1-2,7-17H2. The van der Waals surface area contributed by atoms with E-state index < -0.39 is 11.7 Å². The summed E-state index contributed by atoms with van der Waals surface area (Å²) in [4.78, 5) is 45.5. The SMILES string of the molecule is O=C(CN1CCN(C(=O)C2CCN(C(=O)c3ccc(C(F)(F)F)cc3)CC2)CC1)N1CCCC1. The van der Waals surface area contributed by atoms with Gasteiger partial charge in [0.15, 0.2) is 0 Å². The van der Waals surface area contributed by atoms with Gasteiger partial charge in [0, 0.05) is 63.8 Å². The first-order valence-corrected chi connectivity index (χ1v) is 12.0. The topological polar surface area (TPSA) is 64.2 Å². The summed E-state index contributed by atoms with van der Waals surface area (Å²) in [6, 6.07) is 4.25. The van der Waals surface area contributed by atoms with Gasteiger partial charge in [-0.2, -0.15) is 13.2 Å². The number of rotatable bonds is 4. The van der Waals surface area contributed by atoms with Crippen LogP contribution in [0.25, 0.3) is 0 Å². The van der Waals surface area contributed by atoms with Crippen molar-refractivity contribution in [3.63, 3.8) is 0 Å². The Hall–Kier alpha value is -2.62. The van der Waals surface area contributed by atoms with Crippen LogP contribution in [0.2, 0.25) is 0 Å². The Morgan fingerprint density at radius 1 is 0.765 bits per heavy atom. The zero-order valence-corrected chi connectivity index (χ0v) is 19.2. The van der Waals surface area contributed by atoms with Gasteiger partial charge >= 0.3 is 6.18 Å². The molecule has 1 aromatic rings. The van der Waals surface area contributed by atoms with Crippen molar-refractivity contribution in [2.45, 2.75) is 31.9 Å². The third kappa shape index (κ3) is 5.71. The highest BCUT2D eigenvalue weighted by Crippen LogP contribution is 2.29. The molecule has 0 saturated carbocycles. The number of carbonyl (C=O) groups excluding carboxylic acids is 3. The van der Waals surface area contributed by atoms with Crippen molar-refractivity contribution >= 4 is 17.7 Å². The molecule has 186 valence electrons. The Balaban J connectivity index is 1.21. The Kier molecular flexibility index (Phi) is 7.45. The predicted octanol–water partition coefficient (Wildman–Crippen LogP) is 2.32. The van der Waals surface area contributed by atoms with Crippen molar-refractivity contribution in [1.82, 2.24) is 19.6 Å². The second-order valence-corrected chi connectivity index (χ2v) is 9.33. The summed E-state index contributed by atoms with van der Waals surface area (Å²) in [5.74, 6) is -0.208. The number of piperazine rings is 1. The van der Waals surface area contributed by atoms with Gasteiger partial charge in [0.05, 0.1) is 12.1 Å². The summed E-state index contributed by atoms with van der Waals surface area (Å²) in [6.45, 7) is 5.45. The van der Waals surface area contributed by atoms with Crippen LogP contribution in [-0.4, -0.2) is 96.2 Å². The van der Waals surface area contributed by atoms with Crippen LogP contribution in [-0.2, 0) is 15.8 Å². The molecule has 0 aliphatic carbocycles. The van der Waals surface area contributed by atoms with Crippen LogP contribution in [0.1, 0.15) is 41.6 Å². The molecule has 10 heteroatoms. The Labute approximate surface area is 197 Å². The number of piperidine rings is 1. The monoisotopic (exact) mass is 480 g/mol. The molecule has 0 spiro atoms. The van der Waals surface area contributed by atoms with E-state index in [0.29, 0.717) is 58.7 Å². The smallest absolute Gasteiger partial charge is 0.342 e. The minimum Gasteiger partial charge on any atom is -0.342 e. The van der Waals surface area contributed by atoms with Crippen LogP contribution in [0, 0.1) is 5.92 Å². The summed E-state index contributed by atoms with van der Waals surface area (Å²) in [6.07, 6.45) is -1.21. The van der Waals surface area contributed by atoms with Crippen molar-refractivity contribution < 1.29 is 27.6 Å². The molecule has 3 saturated heterocycles. The van der Waals surface area contributed by atoms with E-state index in [-0.39, 0.29) is 29.2 Å². The molecular formula is C24H31F3N4O3. The molecule has 0 radical (unpaired) electrons. The number of likely N-dealkylation sites (tertiary alicyclic amines) is 2. The van der Waals surface area contributed by atoms with Crippen LogP contribution >= 0.6 is 0 Å². The number of halogens is 3. The van der Waals surface area contributed by atoms with Gasteiger partial charge in [-0.05, 0) is 49.9 Å². The molecule has 0 aromatic heterocycles. The average Bonchev–Trinajstić information content (AvgIpc) is 3.39. The van der Waals surface area contributed by atoms with Crippen LogP contribution in [0.3, 0.4) is 0 Å². The molecule has 0 N–H and O–H groups in total. The maximum absolute atomic E-state index is 13.0. The van der Waals surface area contributed by atoms with Crippen LogP contribution < -0.4 is 0 Å². The highest BCUT2D eigenvalue weighted by atomic mass is 19.4. The van der Waals surface area contributed by atoms with Gasteiger partial charge in [-0.3, -0.25) is 19.3 Å². The summed E-state index contributed by atoms with van der Waals surface area (Å²) in [5.41, 5.74) is -0.564. The first-order chi connectivity index (χ1) is 16.2. The van der Waals surface area contributed by atoms with Gasteiger partial charge in [-0.1, -0.05) is 0 Å². The fourth-order valence-electron chi connectivity index (χ4n) is 4.96. The number of carbonyl (C=O) groups is 3. The quantitative estimate of drug-likeness (QED) is 0.664. The van der Waals surface area contributed by atoms with Gasteiger partial charge in [0.25, 0.3) is 5.91 Å². The third-order valence-corrected chi connectivity index (χ3v) is 7.09. The molecule has 3 amide bonds. The van der Waals surface area contributed by atoms with Crippen molar-refractivity contribution in [2.75, 3.05) is 58.9 Å². The highest BCUT2D eigenvalue weighted by molar-refractivity contribution is 5.94. The Bertz CT molecular complexity index is 884. The fraction of sp³-hybridized carbons (Fsp3) is 0.625. The fourth-order valence-corrected chi connectivity index (χ4v) is 4.96. The van der Waals surface area contributed by atoms with Crippen LogP contribution in [0.15, 0.2) is 24.3 Å². The normalized spacial score (nSPS) is 20.6. The van der Waals surface area contributed by atoms with Crippen molar-refractivity contribution in [2.24, 2.45) is 5.92 Å². The van der Waals surface area contributed by atoms with Gasteiger partial charge in [-0.15, -0.1) is 0 Å². The molecule has 4 rings (SSSR count). The lowest BCUT2D eigenvalue weighted by molar-refractivity contribution is -0.139. The number of hydrogen-bond donors (Lipinski definition) is 0. The first-order valence-electron chi connectivity index (χ1n) is 12.0. The summed E-state index contributed by atoms with van der Waals surface area (Å²) >= 11 is 0. The van der Waals surface area contributed by atoms with E-state index in [1.807, 2.05) is 9.80 Å². The molecule has 3 fully saturated rings.